The molecule has 0 unspecified atom stereocenters. The second-order valence-electron chi connectivity index (χ2n) is 6.83. The van der Waals surface area contributed by atoms with E-state index >= 15 is 0 Å². The van der Waals surface area contributed by atoms with Gasteiger partial charge in [0.05, 0.1) is 0 Å². The van der Waals surface area contributed by atoms with Gasteiger partial charge < -0.3 is 20.4 Å². The van der Waals surface area contributed by atoms with Gasteiger partial charge in [-0.15, -0.1) is 0 Å². The molecule has 0 spiro atoms. The highest BCUT2D eigenvalue weighted by molar-refractivity contribution is 5.90. The Morgan fingerprint density at radius 2 is 1.18 bits per heavy atom. The first kappa shape index (κ1) is 19.3. The lowest BCUT2D eigenvalue weighted by atomic mass is 9.98. The van der Waals surface area contributed by atoms with Crippen LogP contribution >= 0.6 is 0 Å². The highest BCUT2D eigenvalue weighted by Crippen LogP contribution is 2.22. The largest absolute Gasteiger partial charge is 0.508 e. The van der Waals surface area contributed by atoms with Gasteiger partial charge in [-0.2, -0.15) is 0 Å². The SMILES string of the molecule is O=C(O)c1ccc(CCc2cccc(CCc3cc(O)cc(O)c3)c2)cc1O. The molecule has 5 heteroatoms. The first-order valence-electron chi connectivity index (χ1n) is 9.05. The van der Waals surface area contributed by atoms with Crippen LogP contribution in [0.15, 0.2) is 60.7 Å². The van der Waals surface area contributed by atoms with Gasteiger partial charge in [-0.25, -0.2) is 4.79 Å². The molecule has 28 heavy (non-hydrogen) atoms. The van der Waals surface area contributed by atoms with Crippen molar-refractivity contribution < 1.29 is 25.2 Å². The van der Waals surface area contributed by atoms with Crippen LogP contribution in [0.25, 0.3) is 0 Å². The fourth-order valence-electron chi connectivity index (χ4n) is 3.23. The molecule has 0 saturated carbocycles. The Balaban J connectivity index is 1.61. The number of rotatable bonds is 7. The second kappa shape index (κ2) is 8.48. The molecule has 144 valence electrons. The molecule has 0 aliphatic rings. The van der Waals surface area contributed by atoms with Crippen LogP contribution in [0.4, 0.5) is 0 Å². The first-order valence-corrected chi connectivity index (χ1v) is 9.05. The van der Waals surface area contributed by atoms with Crippen LogP contribution in [0.2, 0.25) is 0 Å². The van der Waals surface area contributed by atoms with Crippen molar-refractivity contribution in [1.82, 2.24) is 0 Å². The third-order valence-electron chi connectivity index (χ3n) is 4.65. The lowest BCUT2D eigenvalue weighted by Crippen LogP contribution is -1.99. The van der Waals surface area contributed by atoms with Gasteiger partial charge in [0.15, 0.2) is 0 Å². The molecule has 3 aromatic carbocycles. The zero-order chi connectivity index (χ0) is 20.1. The Bertz CT molecular complexity index is 974. The number of aromatic hydroxyl groups is 3. The molecular formula is C23H22O5. The summed E-state index contributed by atoms with van der Waals surface area (Å²) in [6.45, 7) is 0. The molecular weight excluding hydrogens is 356 g/mol. The van der Waals surface area contributed by atoms with E-state index in [-0.39, 0.29) is 22.8 Å². The molecule has 0 aliphatic carbocycles. The van der Waals surface area contributed by atoms with Crippen LogP contribution in [0.1, 0.15) is 32.6 Å². The van der Waals surface area contributed by atoms with E-state index in [2.05, 4.69) is 6.07 Å². The van der Waals surface area contributed by atoms with Crippen molar-refractivity contribution in [2.45, 2.75) is 25.7 Å². The molecule has 3 aromatic rings. The van der Waals surface area contributed by atoms with Crippen molar-refractivity contribution >= 4 is 5.97 Å². The summed E-state index contributed by atoms with van der Waals surface area (Å²) < 4.78 is 0. The number of hydrogen-bond acceptors (Lipinski definition) is 4. The Morgan fingerprint density at radius 1 is 0.643 bits per heavy atom. The summed E-state index contributed by atoms with van der Waals surface area (Å²) in [6.07, 6.45) is 2.95. The van der Waals surface area contributed by atoms with E-state index in [0.29, 0.717) is 12.8 Å². The molecule has 0 fully saturated rings. The first-order chi connectivity index (χ1) is 13.4. The van der Waals surface area contributed by atoms with E-state index in [4.69, 9.17) is 5.11 Å². The number of phenolic OH excluding ortho intramolecular Hbond substituents is 2. The standard InChI is InChI=1S/C23H22O5/c24-19-11-18(12-20(25)14-19)7-6-16-3-1-2-15(10-16)4-5-17-8-9-21(23(27)28)22(26)13-17/h1-3,8-14,24-26H,4-7H2,(H,27,28). The van der Waals surface area contributed by atoms with Crippen molar-refractivity contribution in [1.29, 1.82) is 0 Å². The van der Waals surface area contributed by atoms with Gasteiger partial charge in [-0.3, -0.25) is 0 Å². The molecule has 5 nitrogen and oxygen atoms in total. The summed E-state index contributed by atoms with van der Waals surface area (Å²) >= 11 is 0. The Kier molecular flexibility index (Phi) is 5.84. The quantitative estimate of drug-likeness (QED) is 0.497. The molecule has 0 atom stereocenters. The van der Waals surface area contributed by atoms with Crippen LogP contribution in [0, 0.1) is 0 Å². The molecule has 0 radical (unpaired) electrons. The van der Waals surface area contributed by atoms with Crippen LogP contribution in [0.5, 0.6) is 17.2 Å². The van der Waals surface area contributed by atoms with Crippen molar-refractivity contribution in [2.24, 2.45) is 0 Å². The zero-order valence-electron chi connectivity index (χ0n) is 15.3. The maximum absolute atomic E-state index is 11.0. The highest BCUT2D eigenvalue weighted by Gasteiger charge is 2.09. The van der Waals surface area contributed by atoms with E-state index in [0.717, 1.165) is 35.1 Å². The molecule has 4 N–H and O–H groups in total. The van der Waals surface area contributed by atoms with E-state index in [9.17, 15) is 20.1 Å². The van der Waals surface area contributed by atoms with Crippen molar-refractivity contribution in [2.75, 3.05) is 0 Å². The Morgan fingerprint density at radius 3 is 1.71 bits per heavy atom. The molecule has 0 heterocycles. The van der Waals surface area contributed by atoms with Gasteiger partial charge in [-0.05, 0) is 72.2 Å². The minimum atomic E-state index is -1.14. The van der Waals surface area contributed by atoms with E-state index < -0.39 is 5.97 Å². The number of hydrogen-bond donors (Lipinski definition) is 4. The number of carbonyl (C=O) groups is 1. The normalized spacial score (nSPS) is 10.7. The summed E-state index contributed by atoms with van der Waals surface area (Å²) in [5.41, 5.74) is 3.96. The maximum Gasteiger partial charge on any atom is 0.339 e. The van der Waals surface area contributed by atoms with Gasteiger partial charge in [0.1, 0.15) is 22.8 Å². The summed E-state index contributed by atoms with van der Waals surface area (Å²) in [7, 11) is 0. The van der Waals surface area contributed by atoms with Gasteiger partial charge in [0.2, 0.25) is 0 Å². The number of phenols is 3. The molecule has 0 amide bonds. The third-order valence-corrected chi connectivity index (χ3v) is 4.65. The van der Waals surface area contributed by atoms with E-state index in [1.54, 1.807) is 18.2 Å². The summed E-state index contributed by atoms with van der Waals surface area (Å²) in [4.78, 5) is 11.0. The predicted molar refractivity (Wildman–Crippen MR) is 106 cm³/mol. The topological polar surface area (TPSA) is 98.0 Å². The number of carboxylic acid groups (broad SMARTS) is 1. The van der Waals surface area contributed by atoms with Crippen molar-refractivity contribution in [3.8, 4) is 17.2 Å². The number of benzene rings is 3. The minimum absolute atomic E-state index is 0.0564. The molecule has 0 aliphatic heterocycles. The molecule has 0 aromatic heterocycles. The number of aromatic carboxylic acids is 1. The van der Waals surface area contributed by atoms with Crippen LogP contribution < -0.4 is 0 Å². The van der Waals surface area contributed by atoms with Gasteiger partial charge >= 0.3 is 5.97 Å². The number of carboxylic acids is 1. The summed E-state index contributed by atoms with van der Waals surface area (Å²) in [5.74, 6) is -1.24. The molecule has 0 saturated heterocycles. The lowest BCUT2D eigenvalue weighted by Gasteiger charge is -2.08. The fraction of sp³-hybridized carbons (Fsp3) is 0.174. The Labute approximate surface area is 163 Å². The highest BCUT2D eigenvalue weighted by atomic mass is 16.4. The van der Waals surface area contributed by atoms with Crippen LogP contribution in [0.3, 0.4) is 0 Å². The Hall–Kier alpha value is -3.47. The van der Waals surface area contributed by atoms with Gasteiger partial charge in [0, 0.05) is 6.07 Å². The smallest absolute Gasteiger partial charge is 0.339 e. The van der Waals surface area contributed by atoms with Crippen molar-refractivity contribution in [3.63, 3.8) is 0 Å². The van der Waals surface area contributed by atoms with E-state index in [1.165, 1.54) is 18.2 Å². The fourth-order valence-corrected chi connectivity index (χ4v) is 3.23. The maximum atomic E-state index is 11.0. The van der Waals surface area contributed by atoms with Crippen molar-refractivity contribution in [3.05, 3.63) is 88.5 Å². The van der Waals surface area contributed by atoms with E-state index in [1.807, 2.05) is 18.2 Å². The predicted octanol–water partition coefficient (Wildman–Crippen LogP) is 4.07. The monoisotopic (exact) mass is 378 g/mol. The van der Waals surface area contributed by atoms with Gasteiger partial charge in [-0.1, -0.05) is 30.3 Å². The zero-order valence-corrected chi connectivity index (χ0v) is 15.3. The summed E-state index contributed by atoms with van der Waals surface area (Å²) in [6, 6.07) is 17.5. The lowest BCUT2D eigenvalue weighted by molar-refractivity contribution is 0.0693. The van der Waals surface area contributed by atoms with Crippen LogP contribution in [-0.4, -0.2) is 26.4 Å². The third kappa shape index (κ3) is 5.04. The van der Waals surface area contributed by atoms with Gasteiger partial charge in [0.25, 0.3) is 0 Å². The minimum Gasteiger partial charge on any atom is -0.508 e. The average Bonchev–Trinajstić information content (AvgIpc) is 2.64. The van der Waals surface area contributed by atoms with Crippen LogP contribution in [-0.2, 0) is 25.7 Å². The molecule has 3 rings (SSSR count). The second-order valence-corrected chi connectivity index (χ2v) is 6.83. The summed E-state index contributed by atoms with van der Waals surface area (Å²) in [5, 5.41) is 37.9. The number of aryl methyl sites for hydroxylation is 4. The average molecular weight is 378 g/mol. The molecule has 0 bridgehead atoms.